The monoisotopic (exact) mass is 479 g/mol. The second kappa shape index (κ2) is 9.11. The van der Waals surface area contributed by atoms with Gasteiger partial charge in [0.15, 0.2) is 5.78 Å². The summed E-state index contributed by atoms with van der Waals surface area (Å²) in [6.07, 6.45) is -0.187. The van der Waals surface area contributed by atoms with E-state index in [0.29, 0.717) is 27.8 Å². The maximum Gasteiger partial charge on any atom is 0.265 e. The summed E-state index contributed by atoms with van der Waals surface area (Å²) in [5.41, 5.74) is 7.30. The lowest BCUT2D eigenvalue weighted by Gasteiger charge is -2.23. The van der Waals surface area contributed by atoms with Crippen LogP contribution >= 0.6 is 0 Å². The largest absolute Gasteiger partial charge is 0.508 e. The molecule has 0 spiro atoms. The Bertz CT molecular complexity index is 1670. The standard InChI is InChI=1S/C29H25N3O4/c1-32-23-9-5-4-8-21(23)28(35)27(29(32)36)25(34)16-22(31-19-13-11-18(30)12-14-19)26-20-7-3-2-6-17(20)10-15-24(26)33/h2-15,22,31,33,35H,16,30H2,1H3/t22-/m0/s1. The summed E-state index contributed by atoms with van der Waals surface area (Å²) in [6.45, 7) is 0. The van der Waals surface area contributed by atoms with E-state index in [1.165, 1.54) is 4.57 Å². The summed E-state index contributed by atoms with van der Waals surface area (Å²) in [7, 11) is 1.57. The van der Waals surface area contributed by atoms with E-state index >= 15 is 0 Å². The topological polar surface area (TPSA) is 118 Å². The Morgan fingerprint density at radius 3 is 2.33 bits per heavy atom. The molecule has 1 heterocycles. The zero-order valence-electron chi connectivity index (χ0n) is 19.6. The molecule has 5 rings (SSSR count). The lowest BCUT2D eigenvalue weighted by Crippen LogP contribution is -2.27. The zero-order chi connectivity index (χ0) is 25.4. The number of carbonyl (C=O) groups excluding carboxylic acids is 1. The molecule has 5 aromatic rings. The van der Waals surface area contributed by atoms with Gasteiger partial charge in [0.2, 0.25) is 0 Å². The summed E-state index contributed by atoms with van der Waals surface area (Å²) >= 11 is 0. The Balaban J connectivity index is 1.64. The van der Waals surface area contributed by atoms with Gasteiger partial charge in [0.25, 0.3) is 5.56 Å². The molecule has 0 aliphatic carbocycles. The molecule has 0 unspecified atom stereocenters. The number of nitrogen functional groups attached to an aromatic ring is 1. The number of hydrogen-bond donors (Lipinski definition) is 4. The number of para-hydroxylation sites is 1. The first-order chi connectivity index (χ1) is 17.3. The fourth-order valence-corrected chi connectivity index (χ4v) is 4.67. The van der Waals surface area contributed by atoms with Crippen molar-refractivity contribution >= 4 is 38.8 Å². The first-order valence-corrected chi connectivity index (χ1v) is 11.5. The summed E-state index contributed by atoms with van der Waals surface area (Å²) in [5.74, 6) is -0.865. The van der Waals surface area contributed by atoms with E-state index in [2.05, 4.69) is 5.32 Å². The highest BCUT2D eigenvalue weighted by Gasteiger charge is 2.27. The van der Waals surface area contributed by atoms with Gasteiger partial charge >= 0.3 is 0 Å². The number of aromatic nitrogens is 1. The van der Waals surface area contributed by atoms with Crippen LogP contribution in [0.3, 0.4) is 0 Å². The third kappa shape index (κ3) is 4.01. The maximum atomic E-state index is 13.6. The summed E-state index contributed by atoms with van der Waals surface area (Å²) < 4.78 is 1.36. The second-order valence-corrected chi connectivity index (χ2v) is 8.77. The first-order valence-electron chi connectivity index (χ1n) is 11.5. The predicted molar refractivity (Wildman–Crippen MR) is 143 cm³/mol. The van der Waals surface area contributed by atoms with Crippen molar-refractivity contribution in [2.75, 3.05) is 11.1 Å². The molecule has 7 heteroatoms. The quantitative estimate of drug-likeness (QED) is 0.199. The number of nitrogens with two attached hydrogens (primary N) is 1. The summed E-state index contributed by atoms with van der Waals surface area (Å²) in [4.78, 5) is 26.8. The van der Waals surface area contributed by atoms with Crippen LogP contribution in [0.1, 0.15) is 28.4 Å². The minimum Gasteiger partial charge on any atom is -0.508 e. The number of rotatable bonds is 6. The van der Waals surface area contributed by atoms with Crippen LogP contribution in [0, 0.1) is 0 Å². The molecule has 0 amide bonds. The fourth-order valence-electron chi connectivity index (χ4n) is 4.67. The van der Waals surface area contributed by atoms with Crippen molar-refractivity contribution in [1.29, 1.82) is 0 Å². The van der Waals surface area contributed by atoms with Crippen LogP contribution in [0.5, 0.6) is 11.5 Å². The minimum atomic E-state index is -0.706. The van der Waals surface area contributed by atoms with Crippen molar-refractivity contribution in [3.8, 4) is 11.5 Å². The number of fused-ring (bicyclic) bond motifs is 2. The molecule has 180 valence electrons. The van der Waals surface area contributed by atoms with Crippen molar-refractivity contribution in [3.63, 3.8) is 0 Å². The van der Waals surface area contributed by atoms with E-state index in [0.717, 1.165) is 10.8 Å². The molecular formula is C29H25N3O4. The number of carbonyl (C=O) groups is 1. The van der Waals surface area contributed by atoms with Gasteiger partial charge in [-0.1, -0.05) is 42.5 Å². The van der Waals surface area contributed by atoms with Gasteiger partial charge in [-0.2, -0.15) is 0 Å². The number of benzene rings is 4. The van der Waals surface area contributed by atoms with Gasteiger partial charge in [-0.25, -0.2) is 0 Å². The molecule has 5 N–H and O–H groups in total. The number of nitrogens with zero attached hydrogens (tertiary/aromatic N) is 1. The normalized spacial score (nSPS) is 12.0. The van der Waals surface area contributed by atoms with Crippen molar-refractivity contribution in [2.45, 2.75) is 12.5 Å². The molecule has 0 aliphatic rings. The maximum absolute atomic E-state index is 13.6. The molecule has 0 saturated carbocycles. The van der Waals surface area contributed by atoms with E-state index in [4.69, 9.17) is 5.73 Å². The highest BCUT2D eigenvalue weighted by molar-refractivity contribution is 6.04. The number of aryl methyl sites for hydroxylation is 1. The highest BCUT2D eigenvalue weighted by atomic mass is 16.3. The molecule has 1 atom stereocenters. The third-order valence-electron chi connectivity index (χ3n) is 6.49. The predicted octanol–water partition coefficient (Wildman–Crippen LogP) is 5.11. The summed E-state index contributed by atoms with van der Waals surface area (Å²) in [6, 6.07) is 24.1. The Morgan fingerprint density at radius 2 is 1.58 bits per heavy atom. The van der Waals surface area contributed by atoms with Gasteiger partial charge in [0.1, 0.15) is 17.1 Å². The molecule has 0 aliphatic heterocycles. The van der Waals surface area contributed by atoms with E-state index in [9.17, 15) is 19.8 Å². The first kappa shape index (κ1) is 23.0. The van der Waals surface area contributed by atoms with Gasteiger partial charge in [0.05, 0.1) is 11.6 Å². The average Bonchev–Trinajstić information content (AvgIpc) is 2.88. The smallest absolute Gasteiger partial charge is 0.265 e. The van der Waals surface area contributed by atoms with Crippen LogP contribution in [0.4, 0.5) is 11.4 Å². The molecule has 0 radical (unpaired) electrons. The number of anilines is 2. The van der Waals surface area contributed by atoms with Crippen molar-refractivity contribution in [3.05, 3.63) is 106 Å². The molecule has 0 fully saturated rings. The molecule has 0 bridgehead atoms. The Labute approximate surface area is 207 Å². The molecule has 7 nitrogen and oxygen atoms in total. The second-order valence-electron chi connectivity index (χ2n) is 8.77. The van der Waals surface area contributed by atoms with Gasteiger partial charge < -0.3 is 25.8 Å². The average molecular weight is 480 g/mol. The number of pyridine rings is 1. The van der Waals surface area contributed by atoms with Crippen LogP contribution in [0.2, 0.25) is 0 Å². The number of Topliss-reactive ketones (excluding diaryl/α,β-unsaturated/α-hetero) is 1. The SMILES string of the molecule is Cn1c(=O)c(C(=O)C[C@H](Nc2ccc(N)cc2)c2c(O)ccc3ccccc23)c(O)c2ccccc21. The lowest BCUT2D eigenvalue weighted by molar-refractivity contribution is 0.0972. The number of phenols is 1. The van der Waals surface area contributed by atoms with Crippen LogP contribution < -0.4 is 16.6 Å². The van der Waals surface area contributed by atoms with Crippen LogP contribution in [0.15, 0.2) is 89.7 Å². The fraction of sp³-hybridized carbons (Fsp3) is 0.103. The van der Waals surface area contributed by atoms with Gasteiger partial charge in [0, 0.05) is 35.8 Å². The molecule has 36 heavy (non-hydrogen) atoms. The van der Waals surface area contributed by atoms with Gasteiger partial charge in [-0.05, 0) is 53.2 Å². The lowest BCUT2D eigenvalue weighted by atomic mass is 9.92. The number of ketones is 1. The Hall–Kier alpha value is -4.78. The number of aromatic hydroxyl groups is 2. The van der Waals surface area contributed by atoms with Crippen molar-refractivity contribution in [2.24, 2.45) is 7.05 Å². The van der Waals surface area contributed by atoms with E-state index in [1.54, 1.807) is 67.7 Å². The number of hydrogen-bond acceptors (Lipinski definition) is 6. The minimum absolute atomic E-state index is 0.0186. The van der Waals surface area contributed by atoms with Crippen molar-refractivity contribution in [1.82, 2.24) is 4.57 Å². The van der Waals surface area contributed by atoms with E-state index in [-0.39, 0.29) is 23.5 Å². The Morgan fingerprint density at radius 1 is 0.917 bits per heavy atom. The highest BCUT2D eigenvalue weighted by Crippen LogP contribution is 2.37. The van der Waals surface area contributed by atoms with Crippen molar-refractivity contribution < 1.29 is 15.0 Å². The molecule has 1 aromatic heterocycles. The third-order valence-corrected chi connectivity index (χ3v) is 6.49. The molecule has 0 saturated heterocycles. The number of phenolic OH excluding ortho intramolecular Hbond substituents is 1. The van der Waals surface area contributed by atoms with Crippen LogP contribution in [-0.2, 0) is 7.05 Å². The van der Waals surface area contributed by atoms with Crippen LogP contribution in [-0.4, -0.2) is 20.6 Å². The number of nitrogens with one attached hydrogen (secondary N) is 1. The van der Waals surface area contributed by atoms with E-state index in [1.807, 2.05) is 24.3 Å². The Kier molecular flexibility index (Phi) is 5.82. The summed E-state index contributed by atoms with van der Waals surface area (Å²) in [5, 5.41) is 27.2. The zero-order valence-corrected chi connectivity index (χ0v) is 19.6. The van der Waals surface area contributed by atoms with Crippen LogP contribution in [0.25, 0.3) is 21.7 Å². The molecule has 4 aromatic carbocycles. The van der Waals surface area contributed by atoms with Gasteiger partial charge in [-0.15, -0.1) is 0 Å². The van der Waals surface area contributed by atoms with Gasteiger partial charge in [-0.3, -0.25) is 9.59 Å². The van der Waals surface area contributed by atoms with E-state index < -0.39 is 17.4 Å². The molecular weight excluding hydrogens is 454 g/mol.